The summed E-state index contributed by atoms with van der Waals surface area (Å²) in [6.45, 7) is 5.08. The van der Waals surface area contributed by atoms with Crippen molar-refractivity contribution in [1.82, 2.24) is 30.2 Å². The maximum Gasteiger partial charge on any atom is 0.481 e. The Labute approximate surface area is 369 Å². The van der Waals surface area contributed by atoms with E-state index in [2.05, 4.69) is 48.3 Å². The van der Waals surface area contributed by atoms with Gasteiger partial charge in [-0.25, -0.2) is 28.6 Å². The normalized spacial score (nSPS) is 21.1. The molecular weight excluding hydrogens is 915 g/mol. The van der Waals surface area contributed by atoms with Crippen LogP contribution in [0.25, 0.3) is 11.2 Å². The Balaban J connectivity index is 1.36. The number of ether oxygens (including phenoxy) is 1. The molecule has 1 aliphatic rings. The highest BCUT2D eigenvalue weighted by molar-refractivity contribution is 8.13. The van der Waals surface area contributed by atoms with Gasteiger partial charge in [0.15, 0.2) is 22.8 Å². The maximum absolute atomic E-state index is 12.7. The van der Waals surface area contributed by atoms with Gasteiger partial charge < -0.3 is 50.9 Å². The first-order valence-electron chi connectivity index (χ1n) is 20.5. The van der Waals surface area contributed by atoms with Crippen molar-refractivity contribution >= 4 is 69.1 Å². The van der Waals surface area contributed by atoms with Gasteiger partial charge in [0, 0.05) is 37.1 Å². The smallest absolute Gasteiger partial charge is 0.386 e. The summed E-state index contributed by atoms with van der Waals surface area (Å²) in [5.41, 5.74) is 4.28. The van der Waals surface area contributed by atoms with E-state index in [9.17, 15) is 57.9 Å². The molecule has 3 heterocycles. The number of aromatic nitrogens is 4. The average molecular weight is 978 g/mol. The van der Waals surface area contributed by atoms with Crippen LogP contribution >= 0.6 is 35.2 Å². The Morgan fingerprint density at radius 2 is 1.60 bits per heavy atom. The molecular formula is C35H62N7O17P3S. The summed E-state index contributed by atoms with van der Waals surface area (Å²) >= 11 is 1.15. The second-order valence-corrected chi connectivity index (χ2v) is 21.2. The number of hydrogen-bond acceptors (Lipinski definition) is 18. The van der Waals surface area contributed by atoms with Crippen LogP contribution in [0, 0.1) is 11.3 Å². The fraction of sp³-hybridized carbons (Fsp3) is 0.771. The second kappa shape index (κ2) is 25.5. The number of carbonyl (C=O) groups excluding carboxylic acids is 3. The topological polar surface area (TPSA) is 364 Å². The monoisotopic (exact) mass is 977 g/mol. The van der Waals surface area contributed by atoms with E-state index in [1.165, 1.54) is 52.4 Å². The molecule has 10 N–H and O–H groups in total. The number of nitrogens with zero attached hydrogens (tertiary/aromatic N) is 4. The molecule has 1 saturated heterocycles. The molecule has 2 aromatic heterocycles. The molecule has 0 saturated carbocycles. The summed E-state index contributed by atoms with van der Waals surface area (Å²) in [6.07, 6.45) is 4.01. The number of fused-ring (bicyclic) bond motifs is 1. The van der Waals surface area contributed by atoms with Crippen LogP contribution in [0.4, 0.5) is 5.82 Å². The van der Waals surface area contributed by atoms with E-state index in [0.29, 0.717) is 12.2 Å². The van der Waals surface area contributed by atoms with Gasteiger partial charge in [-0.05, 0) is 12.3 Å². The van der Waals surface area contributed by atoms with E-state index in [1.54, 1.807) is 0 Å². The second-order valence-electron chi connectivity index (χ2n) is 15.8. The standard InChI is InChI=1S/C35H62N7O17P3S/c1-5-23(2)13-11-9-7-6-8-10-12-14-26(44)63-18-17-37-25(43)15-16-38-33(47)30(46)35(3,4)20-56-62(53,54)59-61(51,52)55-19-24-29(58-60(48,49)50)28(45)34(57-24)42-22-41-27-31(36)39-21-40-32(27)42/h21-24,28-30,34,45-46H,5-20H2,1-4H3,(H,37,43)(H,38,47)(H,51,52)(H,53,54)(H2,36,39,40)(H2,48,49,50). The highest BCUT2D eigenvalue weighted by atomic mass is 32.2. The number of nitrogen functional groups attached to an aromatic ring is 1. The van der Waals surface area contributed by atoms with Crippen molar-refractivity contribution in [2.75, 3.05) is 37.8 Å². The molecule has 8 atom stereocenters. The molecule has 360 valence electrons. The third-order valence-corrected chi connectivity index (χ3v) is 14.1. The average Bonchev–Trinajstić information content (AvgIpc) is 3.76. The van der Waals surface area contributed by atoms with Crippen LogP contribution in [0.1, 0.15) is 105 Å². The molecule has 28 heteroatoms. The Hall–Kier alpha value is -2.44. The van der Waals surface area contributed by atoms with E-state index in [4.69, 9.17) is 19.5 Å². The van der Waals surface area contributed by atoms with Gasteiger partial charge >= 0.3 is 23.5 Å². The molecule has 0 aromatic carbocycles. The predicted octanol–water partition coefficient (Wildman–Crippen LogP) is 3.22. The highest BCUT2D eigenvalue weighted by Crippen LogP contribution is 2.61. The molecule has 3 rings (SSSR count). The molecule has 0 spiro atoms. The number of unbranched alkanes of at least 4 members (excludes halogenated alkanes) is 6. The maximum atomic E-state index is 12.7. The van der Waals surface area contributed by atoms with Crippen LogP contribution in [0.15, 0.2) is 12.7 Å². The van der Waals surface area contributed by atoms with Gasteiger partial charge in [-0.2, -0.15) is 4.31 Å². The third-order valence-electron chi connectivity index (χ3n) is 10.0. The molecule has 63 heavy (non-hydrogen) atoms. The number of anilines is 1. The van der Waals surface area contributed by atoms with Crippen LogP contribution < -0.4 is 16.4 Å². The lowest BCUT2D eigenvalue weighted by Gasteiger charge is -2.30. The van der Waals surface area contributed by atoms with Gasteiger partial charge in [-0.15, -0.1) is 0 Å². The number of thioether (sulfide) groups is 1. The molecule has 24 nitrogen and oxygen atoms in total. The number of carbonyl (C=O) groups is 3. The zero-order valence-electron chi connectivity index (χ0n) is 35.7. The van der Waals surface area contributed by atoms with Crippen LogP contribution in [0.5, 0.6) is 0 Å². The van der Waals surface area contributed by atoms with Crippen molar-refractivity contribution in [3.8, 4) is 0 Å². The first-order chi connectivity index (χ1) is 29.4. The number of phosphoric ester groups is 3. The van der Waals surface area contributed by atoms with Gasteiger partial charge in [-0.3, -0.25) is 32.5 Å². The highest BCUT2D eigenvalue weighted by Gasteiger charge is 2.50. The van der Waals surface area contributed by atoms with Gasteiger partial charge in [0.1, 0.15) is 36.3 Å². The van der Waals surface area contributed by atoms with Gasteiger partial charge in [0.2, 0.25) is 11.8 Å². The fourth-order valence-corrected chi connectivity index (χ4v) is 9.77. The molecule has 0 radical (unpaired) electrons. The van der Waals surface area contributed by atoms with E-state index in [0.717, 1.165) is 54.2 Å². The van der Waals surface area contributed by atoms with Crippen molar-refractivity contribution in [1.29, 1.82) is 0 Å². The summed E-state index contributed by atoms with van der Waals surface area (Å²) in [4.78, 5) is 88.2. The number of aliphatic hydroxyl groups excluding tert-OH is 2. The largest absolute Gasteiger partial charge is 0.481 e. The Morgan fingerprint density at radius 3 is 2.27 bits per heavy atom. The number of aliphatic hydroxyl groups is 2. The minimum absolute atomic E-state index is 0.0332. The number of imidazole rings is 1. The lowest BCUT2D eigenvalue weighted by atomic mass is 9.87. The van der Waals surface area contributed by atoms with E-state index in [-0.39, 0.29) is 41.6 Å². The summed E-state index contributed by atoms with van der Waals surface area (Å²) in [6, 6.07) is 0. The predicted molar refractivity (Wildman–Crippen MR) is 228 cm³/mol. The molecule has 1 aliphatic heterocycles. The third kappa shape index (κ3) is 19.1. The Bertz CT molecular complexity index is 1940. The van der Waals surface area contributed by atoms with E-state index < -0.39 is 84.6 Å². The van der Waals surface area contributed by atoms with E-state index in [1.807, 2.05) is 0 Å². The number of hydrogen-bond donors (Lipinski definition) is 9. The van der Waals surface area contributed by atoms with Crippen LogP contribution in [-0.4, -0.2) is 123 Å². The number of nitrogens with two attached hydrogens (primary N) is 1. The first-order valence-corrected chi connectivity index (χ1v) is 26.0. The molecule has 2 amide bonds. The summed E-state index contributed by atoms with van der Waals surface area (Å²) in [5.74, 6) is -0.235. The lowest BCUT2D eigenvalue weighted by Crippen LogP contribution is -2.46. The van der Waals surface area contributed by atoms with Crippen molar-refractivity contribution < 1.29 is 80.5 Å². The molecule has 1 fully saturated rings. The van der Waals surface area contributed by atoms with Crippen molar-refractivity contribution in [2.45, 2.75) is 129 Å². The van der Waals surface area contributed by atoms with Crippen molar-refractivity contribution in [3.05, 3.63) is 12.7 Å². The molecule has 8 unspecified atom stereocenters. The Morgan fingerprint density at radius 1 is 0.952 bits per heavy atom. The molecule has 0 aliphatic carbocycles. The Kier molecular flexibility index (Phi) is 22.2. The summed E-state index contributed by atoms with van der Waals surface area (Å²) in [5, 5.41) is 26.6. The zero-order chi connectivity index (χ0) is 47.0. The van der Waals surface area contributed by atoms with Crippen molar-refractivity contribution in [2.24, 2.45) is 11.3 Å². The number of phosphoric acid groups is 3. The first kappa shape index (κ1) is 54.9. The SMILES string of the molecule is CCC(C)CCCCCCCCCC(=O)SCCNC(=O)CCNC(=O)C(O)C(C)(C)COP(=O)(O)OP(=O)(O)OCC1OC(n2cnc3c(N)ncnc32)C(O)C1OP(=O)(O)O. The molecule has 2 aromatic rings. The minimum atomic E-state index is -5.57. The van der Waals surface area contributed by atoms with Gasteiger partial charge in [0.05, 0.1) is 19.5 Å². The zero-order valence-corrected chi connectivity index (χ0v) is 39.2. The van der Waals surface area contributed by atoms with Gasteiger partial charge in [0.25, 0.3) is 0 Å². The quantitative estimate of drug-likeness (QED) is 0.0401. The van der Waals surface area contributed by atoms with Crippen LogP contribution in [0.2, 0.25) is 0 Å². The van der Waals surface area contributed by atoms with Crippen LogP contribution in [0.3, 0.4) is 0 Å². The minimum Gasteiger partial charge on any atom is -0.386 e. The number of amides is 2. The van der Waals surface area contributed by atoms with E-state index >= 15 is 0 Å². The molecule has 0 bridgehead atoms. The number of nitrogens with one attached hydrogen (secondary N) is 2. The summed E-state index contributed by atoms with van der Waals surface area (Å²) < 4.78 is 62.3. The van der Waals surface area contributed by atoms with Crippen molar-refractivity contribution in [3.63, 3.8) is 0 Å². The van der Waals surface area contributed by atoms with Crippen LogP contribution in [-0.2, 0) is 50.7 Å². The fourth-order valence-electron chi connectivity index (χ4n) is 6.22. The lowest BCUT2D eigenvalue weighted by molar-refractivity contribution is -0.137. The number of rotatable bonds is 30. The van der Waals surface area contributed by atoms with Gasteiger partial charge in [-0.1, -0.05) is 90.8 Å². The summed E-state index contributed by atoms with van der Waals surface area (Å²) in [7, 11) is -16.4.